The van der Waals surface area contributed by atoms with E-state index >= 15 is 0 Å². The maximum atomic E-state index is 5.95. The van der Waals surface area contributed by atoms with Crippen LogP contribution in [0.5, 0.6) is 0 Å². The lowest BCUT2D eigenvalue weighted by molar-refractivity contribution is 0.0992. The summed E-state index contributed by atoms with van der Waals surface area (Å²) in [6.45, 7) is 3.92. The van der Waals surface area contributed by atoms with Crippen molar-refractivity contribution in [3.05, 3.63) is 0 Å². The van der Waals surface area contributed by atoms with Gasteiger partial charge in [0.1, 0.15) is 0 Å². The van der Waals surface area contributed by atoms with Crippen molar-refractivity contribution in [2.75, 3.05) is 27.2 Å². The Bertz CT molecular complexity index is 403. The molecular weight excluding hydrogens is 276 g/mol. The third kappa shape index (κ3) is 3.25. The molecule has 5 nitrogen and oxygen atoms in total. The van der Waals surface area contributed by atoms with Gasteiger partial charge in [-0.05, 0) is 53.1 Å². The first kappa shape index (κ1) is 16.1. The first-order valence-electron chi connectivity index (χ1n) is 9.01. The van der Waals surface area contributed by atoms with E-state index < -0.39 is 0 Å². The van der Waals surface area contributed by atoms with E-state index in [0.717, 1.165) is 25.5 Å². The maximum absolute atomic E-state index is 5.95. The Labute approximate surface area is 134 Å². The molecule has 2 aliphatic heterocycles. The molecule has 3 fully saturated rings. The molecule has 0 aromatic heterocycles. The minimum Gasteiger partial charge on any atom is -0.373 e. The molecule has 0 radical (unpaired) electrons. The summed E-state index contributed by atoms with van der Waals surface area (Å²) in [5.74, 6) is 0.969. The minimum atomic E-state index is 0.257. The van der Waals surface area contributed by atoms with E-state index in [-0.39, 0.29) is 5.54 Å². The second-order valence-electron chi connectivity index (χ2n) is 7.38. The molecule has 3 unspecified atom stereocenters. The molecule has 3 aliphatic rings. The number of hydrogen-bond acceptors (Lipinski definition) is 3. The van der Waals surface area contributed by atoms with E-state index in [0.29, 0.717) is 18.2 Å². The normalized spacial score (nSPS) is 33.6. The van der Waals surface area contributed by atoms with E-state index in [1.807, 2.05) is 0 Å². The van der Waals surface area contributed by atoms with Gasteiger partial charge in [-0.25, -0.2) is 0 Å². The van der Waals surface area contributed by atoms with Crippen molar-refractivity contribution < 1.29 is 4.74 Å². The zero-order valence-electron chi connectivity index (χ0n) is 14.4. The van der Waals surface area contributed by atoms with Gasteiger partial charge in [-0.2, -0.15) is 0 Å². The quantitative estimate of drug-likeness (QED) is 0.600. The summed E-state index contributed by atoms with van der Waals surface area (Å²) in [5.41, 5.74) is 0.257. The Kier molecular flexibility index (Phi) is 4.93. The van der Waals surface area contributed by atoms with Crippen LogP contribution in [0, 0.1) is 0 Å². The lowest BCUT2D eigenvalue weighted by Crippen LogP contribution is -2.49. The average molecular weight is 308 g/mol. The van der Waals surface area contributed by atoms with Crippen LogP contribution in [-0.2, 0) is 4.74 Å². The molecule has 2 bridgehead atoms. The molecule has 1 saturated carbocycles. The van der Waals surface area contributed by atoms with Crippen molar-refractivity contribution in [1.29, 1.82) is 0 Å². The van der Waals surface area contributed by atoms with E-state index in [1.54, 1.807) is 0 Å². The lowest BCUT2D eigenvalue weighted by atomic mass is 9.95. The fourth-order valence-corrected chi connectivity index (χ4v) is 4.29. The van der Waals surface area contributed by atoms with Gasteiger partial charge in [0.25, 0.3) is 0 Å². The number of nitrogens with zero attached hydrogens (tertiary/aromatic N) is 2. The van der Waals surface area contributed by atoms with Gasteiger partial charge in [0.2, 0.25) is 0 Å². The maximum Gasteiger partial charge on any atom is 0.191 e. The summed E-state index contributed by atoms with van der Waals surface area (Å²) in [6, 6.07) is 0.440. The number of nitrogens with one attached hydrogen (secondary N) is 2. The molecule has 0 amide bonds. The number of hydrogen-bond donors (Lipinski definition) is 2. The molecule has 3 atom stereocenters. The van der Waals surface area contributed by atoms with Gasteiger partial charge in [-0.3, -0.25) is 4.99 Å². The smallest absolute Gasteiger partial charge is 0.191 e. The highest BCUT2D eigenvalue weighted by molar-refractivity contribution is 5.80. The molecule has 0 aromatic carbocycles. The minimum absolute atomic E-state index is 0.257. The summed E-state index contributed by atoms with van der Waals surface area (Å²) in [6.07, 6.45) is 9.63. The van der Waals surface area contributed by atoms with Crippen molar-refractivity contribution in [3.63, 3.8) is 0 Å². The third-order valence-electron chi connectivity index (χ3n) is 5.79. The second-order valence-corrected chi connectivity index (χ2v) is 7.38. The summed E-state index contributed by atoms with van der Waals surface area (Å²) in [7, 11) is 4.40. The average Bonchev–Trinajstić information content (AvgIpc) is 3.22. The van der Waals surface area contributed by atoms with Gasteiger partial charge < -0.3 is 20.3 Å². The Morgan fingerprint density at radius 1 is 1.27 bits per heavy atom. The van der Waals surface area contributed by atoms with Crippen LogP contribution in [-0.4, -0.2) is 61.8 Å². The monoisotopic (exact) mass is 308 g/mol. The van der Waals surface area contributed by atoms with Crippen LogP contribution in [0.4, 0.5) is 0 Å². The molecule has 2 N–H and O–H groups in total. The van der Waals surface area contributed by atoms with E-state index in [9.17, 15) is 0 Å². The number of fused-ring (bicyclic) bond motifs is 2. The summed E-state index contributed by atoms with van der Waals surface area (Å²) in [5, 5.41) is 7.04. The lowest BCUT2D eigenvalue weighted by Gasteiger charge is -2.35. The van der Waals surface area contributed by atoms with E-state index in [1.165, 1.54) is 38.5 Å². The number of rotatable bonds is 5. The van der Waals surface area contributed by atoms with E-state index in [4.69, 9.17) is 9.73 Å². The largest absolute Gasteiger partial charge is 0.373 e. The molecule has 5 heteroatoms. The van der Waals surface area contributed by atoms with Gasteiger partial charge in [-0.1, -0.05) is 12.8 Å². The van der Waals surface area contributed by atoms with Gasteiger partial charge in [0.15, 0.2) is 5.96 Å². The van der Waals surface area contributed by atoms with Gasteiger partial charge >= 0.3 is 0 Å². The zero-order valence-corrected chi connectivity index (χ0v) is 14.4. The summed E-state index contributed by atoms with van der Waals surface area (Å²) in [4.78, 5) is 7.32. The molecule has 0 spiro atoms. The number of likely N-dealkylation sites (N-methyl/N-ethyl adjacent to an activating group) is 1. The molecule has 1 aliphatic carbocycles. The molecular formula is C17H32N4O. The second kappa shape index (κ2) is 6.75. The first-order valence-corrected chi connectivity index (χ1v) is 9.01. The van der Waals surface area contributed by atoms with Gasteiger partial charge in [0.05, 0.1) is 24.8 Å². The summed E-state index contributed by atoms with van der Waals surface area (Å²) >= 11 is 0. The SMILES string of the molecule is CCNC(=NCC1(N(C)C)CCCC1)NC1CC2CCC1O2. The van der Waals surface area contributed by atoms with Crippen LogP contribution < -0.4 is 10.6 Å². The van der Waals surface area contributed by atoms with Crippen LogP contribution in [0.25, 0.3) is 0 Å². The number of aliphatic imine (C=N–C) groups is 1. The van der Waals surface area contributed by atoms with Crippen molar-refractivity contribution in [2.45, 2.75) is 75.7 Å². The van der Waals surface area contributed by atoms with Crippen molar-refractivity contribution >= 4 is 5.96 Å². The van der Waals surface area contributed by atoms with Crippen LogP contribution in [0.3, 0.4) is 0 Å². The number of ether oxygens (including phenoxy) is 1. The van der Waals surface area contributed by atoms with Crippen molar-refractivity contribution in [3.8, 4) is 0 Å². The fourth-order valence-electron chi connectivity index (χ4n) is 4.29. The highest BCUT2D eigenvalue weighted by atomic mass is 16.5. The molecule has 3 rings (SSSR count). The molecule has 2 saturated heterocycles. The van der Waals surface area contributed by atoms with Crippen LogP contribution in [0.2, 0.25) is 0 Å². The molecule has 0 aromatic rings. The zero-order chi connectivity index (χ0) is 15.6. The fraction of sp³-hybridized carbons (Fsp3) is 0.941. The topological polar surface area (TPSA) is 48.9 Å². The highest BCUT2D eigenvalue weighted by Crippen LogP contribution is 2.35. The predicted octanol–water partition coefficient (Wildman–Crippen LogP) is 1.74. The third-order valence-corrected chi connectivity index (χ3v) is 5.79. The van der Waals surface area contributed by atoms with Gasteiger partial charge in [-0.15, -0.1) is 0 Å². The molecule has 2 heterocycles. The van der Waals surface area contributed by atoms with Crippen LogP contribution >= 0.6 is 0 Å². The predicted molar refractivity (Wildman–Crippen MR) is 90.3 cm³/mol. The Balaban J connectivity index is 1.62. The van der Waals surface area contributed by atoms with E-state index in [2.05, 4.69) is 36.6 Å². The highest BCUT2D eigenvalue weighted by Gasteiger charge is 2.41. The number of guanidine groups is 1. The molecule has 22 heavy (non-hydrogen) atoms. The van der Waals surface area contributed by atoms with Crippen molar-refractivity contribution in [2.24, 2.45) is 4.99 Å². The summed E-state index contributed by atoms with van der Waals surface area (Å²) < 4.78 is 5.95. The standard InChI is InChI=1S/C17H32N4O/c1-4-18-16(20-14-11-13-7-8-15(14)22-13)19-12-17(21(2)3)9-5-6-10-17/h13-15H,4-12H2,1-3H3,(H2,18,19,20). The Morgan fingerprint density at radius 3 is 2.59 bits per heavy atom. The first-order chi connectivity index (χ1) is 10.6. The van der Waals surface area contributed by atoms with Crippen molar-refractivity contribution in [1.82, 2.24) is 15.5 Å². The van der Waals surface area contributed by atoms with Crippen LogP contribution in [0.15, 0.2) is 4.99 Å². The molecule has 126 valence electrons. The Hall–Kier alpha value is -0.810. The van der Waals surface area contributed by atoms with Crippen LogP contribution in [0.1, 0.15) is 51.9 Å². The van der Waals surface area contributed by atoms with Gasteiger partial charge in [0, 0.05) is 12.1 Å². The Morgan fingerprint density at radius 2 is 2.05 bits per heavy atom.